The third kappa shape index (κ3) is 2.89. The molecule has 0 fully saturated rings. The smallest absolute Gasteiger partial charge is 0.296 e. The number of aromatic nitrogens is 4. The molecule has 0 bridgehead atoms. The van der Waals surface area contributed by atoms with Crippen molar-refractivity contribution in [3.63, 3.8) is 0 Å². The van der Waals surface area contributed by atoms with Gasteiger partial charge in [-0.15, -0.1) is 0 Å². The molecule has 5 rings (SSSR count). The molecule has 0 radical (unpaired) electrons. The van der Waals surface area contributed by atoms with Crippen LogP contribution in [0.3, 0.4) is 0 Å². The van der Waals surface area contributed by atoms with Gasteiger partial charge in [-0.2, -0.15) is 4.98 Å². The third-order valence-electron chi connectivity index (χ3n) is 5.48. The second kappa shape index (κ2) is 7.16. The summed E-state index contributed by atoms with van der Waals surface area (Å²) in [6.45, 7) is 0. The molecule has 0 atom stereocenters. The Morgan fingerprint density at radius 1 is 1.16 bits per heavy atom. The largest absolute Gasteiger partial charge is 0.468 e. The van der Waals surface area contributed by atoms with Crippen molar-refractivity contribution in [3.8, 4) is 17.1 Å². The summed E-state index contributed by atoms with van der Waals surface area (Å²) in [6.07, 6.45) is 3.04. The molecule has 7 nitrogen and oxygen atoms in total. The van der Waals surface area contributed by atoms with Gasteiger partial charge in [0.1, 0.15) is 11.5 Å². The van der Waals surface area contributed by atoms with Gasteiger partial charge in [0.05, 0.1) is 29.4 Å². The number of aromatic amines is 1. The first kappa shape index (κ1) is 19.7. The summed E-state index contributed by atoms with van der Waals surface area (Å²) in [5.74, 6) is -2.87. The Labute approximate surface area is 180 Å². The maximum absolute atomic E-state index is 14.4. The maximum Gasteiger partial charge on any atom is 0.296 e. The first-order chi connectivity index (χ1) is 15.4. The highest BCUT2D eigenvalue weighted by atomic mass is 19.1. The highest BCUT2D eigenvalue weighted by molar-refractivity contribution is 6.16. The van der Waals surface area contributed by atoms with Crippen LogP contribution in [0.15, 0.2) is 48.8 Å². The number of nitrogens with zero attached hydrogens (tertiary/aromatic N) is 3. The molecular weight excluding hydrogens is 416 g/mol. The Morgan fingerprint density at radius 2 is 1.97 bits per heavy atom. The monoisotopic (exact) mass is 433 g/mol. The lowest BCUT2D eigenvalue weighted by Gasteiger charge is -2.06. The van der Waals surface area contributed by atoms with E-state index in [9.17, 15) is 13.6 Å². The predicted molar refractivity (Wildman–Crippen MR) is 117 cm³/mol. The van der Waals surface area contributed by atoms with E-state index >= 15 is 0 Å². The van der Waals surface area contributed by atoms with Crippen LogP contribution in [0, 0.1) is 11.6 Å². The molecule has 160 valence electrons. The van der Waals surface area contributed by atoms with Crippen molar-refractivity contribution in [1.82, 2.24) is 19.5 Å². The highest BCUT2D eigenvalue weighted by Gasteiger charge is 2.24. The standard InChI is InChI=1S/C23H17F2N5O2/c1-30-18-6-3-11(8-17(18)29-23(30)32-2)12-7-13-14(10-28-22(13)27-9-12)21(31)19-15(24)4-5-16(26)20(19)25/h3-10H,26H2,1-2H3,(H,27,28). The number of rotatable bonds is 4. The second-order valence-electron chi connectivity index (χ2n) is 7.34. The van der Waals surface area contributed by atoms with Crippen LogP contribution in [0.4, 0.5) is 14.5 Å². The number of nitrogen functional groups attached to an aromatic ring is 1. The zero-order chi connectivity index (χ0) is 22.6. The topological polar surface area (TPSA) is 98.8 Å². The number of methoxy groups -OCH3 is 1. The van der Waals surface area contributed by atoms with Crippen molar-refractivity contribution in [3.05, 3.63) is 71.6 Å². The van der Waals surface area contributed by atoms with E-state index in [0.717, 1.165) is 28.7 Å². The number of hydrogen-bond acceptors (Lipinski definition) is 5. The van der Waals surface area contributed by atoms with E-state index in [1.165, 1.54) is 6.20 Å². The van der Waals surface area contributed by atoms with Gasteiger partial charge in [-0.3, -0.25) is 9.36 Å². The van der Waals surface area contributed by atoms with E-state index < -0.39 is 23.0 Å². The van der Waals surface area contributed by atoms with Crippen molar-refractivity contribution < 1.29 is 18.3 Å². The maximum atomic E-state index is 14.4. The van der Waals surface area contributed by atoms with E-state index in [1.807, 2.05) is 29.8 Å². The normalized spacial score (nSPS) is 11.4. The van der Waals surface area contributed by atoms with Gasteiger partial charge in [0.15, 0.2) is 5.82 Å². The predicted octanol–water partition coefficient (Wildman–Crippen LogP) is 4.22. The lowest BCUT2D eigenvalue weighted by atomic mass is 9.99. The quantitative estimate of drug-likeness (QED) is 0.327. The van der Waals surface area contributed by atoms with Crippen molar-refractivity contribution >= 4 is 33.5 Å². The van der Waals surface area contributed by atoms with Gasteiger partial charge in [0.2, 0.25) is 5.78 Å². The van der Waals surface area contributed by atoms with Gasteiger partial charge >= 0.3 is 0 Å². The van der Waals surface area contributed by atoms with Crippen LogP contribution in [0.5, 0.6) is 6.01 Å². The number of pyridine rings is 1. The lowest BCUT2D eigenvalue weighted by molar-refractivity contribution is 0.103. The molecule has 0 spiro atoms. The molecule has 0 aliphatic rings. The number of ketones is 1. The van der Waals surface area contributed by atoms with Crippen LogP contribution in [-0.4, -0.2) is 32.4 Å². The molecule has 5 aromatic rings. The van der Waals surface area contributed by atoms with Crippen LogP contribution in [0.2, 0.25) is 0 Å². The number of H-pyrrole nitrogens is 1. The van der Waals surface area contributed by atoms with Crippen molar-refractivity contribution in [2.45, 2.75) is 0 Å². The fourth-order valence-electron chi connectivity index (χ4n) is 3.80. The molecule has 0 saturated heterocycles. The first-order valence-electron chi connectivity index (χ1n) is 9.65. The average molecular weight is 433 g/mol. The van der Waals surface area contributed by atoms with Gasteiger partial charge < -0.3 is 15.5 Å². The van der Waals surface area contributed by atoms with Crippen LogP contribution in [0.1, 0.15) is 15.9 Å². The van der Waals surface area contributed by atoms with Gasteiger partial charge in [-0.05, 0) is 35.9 Å². The summed E-state index contributed by atoms with van der Waals surface area (Å²) in [5.41, 5.74) is 8.20. The SMILES string of the molecule is COc1nc2cc(-c3cnc4[nH]cc(C(=O)c5c(F)ccc(N)c5F)c4c3)ccc2n1C. The average Bonchev–Trinajstić information content (AvgIpc) is 3.36. The Balaban J connectivity index is 1.63. The van der Waals surface area contributed by atoms with Crippen LogP contribution in [-0.2, 0) is 7.05 Å². The summed E-state index contributed by atoms with van der Waals surface area (Å²) >= 11 is 0. The Kier molecular flexibility index (Phi) is 4.40. The summed E-state index contributed by atoms with van der Waals surface area (Å²) in [4.78, 5) is 24.7. The van der Waals surface area contributed by atoms with E-state index in [-0.39, 0.29) is 11.3 Å². The number of ether oxygens (including phenoxy) is 1. The minimum Gasteiger partial charge on any atom is -0.468 e. The van der Waals surface area contributed by atoms with E-state index in [2.05, 4.69) is 15.0 Å². The number of anilines is 1. The van der Waals surface area contributed by atoms with Crippen LogP contribution < -0.4 is 10.5 Å². The van der Waals surface area contributed by atoms with Crippen LogP contribution >= 0.6 is 0 Å². The molecule has 2 aromatic carbocycles. The van der Waals surface area contributed by atoms with Crippen molar-refractivity contribution in [2.24, 2.45) is 7.05 Å². The molecule has 0 amide bonds. The Morgan fingerprint density at radius 3 is 2.75 bits per heavy atom. The summed E-state index contributed by atoms with van der Waals surface area (Å²) in [6, 6.07) is 9.97. The summed E-state index contributed by atoms with van der Waals surface area (Å²) in [5, 5.41) is 0.437. The molecule has 0 unspecified atom stereocenters. The lowest BCUT2D eigenvalue weighted by Crippen LogP contribution is -2.09. The number of nitrogens with one attached hydrogen (secondary N) is 1. The van der Waals surface area contributed by atoms with Gasteiger partial charge in [-0.25, -0.2) is 13.8 Å². The van der Waals surface area contributed by atoms with Gasteiger partial charge in [-0.1, -0.05) is 6.07 Å². The van der Waals surface area contributed by atoms with Crippen molar-refractivity contribution in [1.29, 1.82) is 0 Å². The fraction of sp³-hybridized carbons (Fsp3) is 0.0870. The molecule has 32 heavy (non-hydrogen) atoms. The van der Waals surface area contributed by atoms with Crippen molar-refractivity contribution in [2.75, 3.05) is 12.8 Å². The minimum atomic E-state index is -1.08. The number of aryl methyl sites for hydroxylation is 1. The van der Waals surface area contributed by atoms with E-state index in [0.29, 0.717) is 22.6 Å². The van der Waals surface area contributed by atoms with E-state index in [4.69, 9.17) is 10.5 Å². The first-order valence-corrected chi connectivity index (χ1v) is 9.65. The van der Waals surface area contributed by atoms with E-state index in [1.54, 1.807) is 19.4 Å². The molecule has 3 heterocycles. The molecular formula is C23H17F2N5O2. The number of nitrogens with two attached hydrogens (primary N) is 1. The number of carbonyl (C=O) groups excluding carboxylic acids is 1. The number of benzene rings is 2. The third-order valence-corrected chi connectivity index (χ3v) is 5.48. The molecule has 3 aromatic heterocycles. The molecule has 0 saturated carbocycles. The Hall–Kier alpha value is -4.27. The molecule has 0 aliphatic heterocycles. The number of halogens is 2. The number of fused-ring (bicyclic) bond motifs is 2. The minimum absolute atomic E-state index is 0.0957. The Bertz CT molecular complexity index is 1540. The second-order valence-corrected chi connectivity index (χ2v) is 7.34. The zero-order valence-electron chi connectivity index (χ0n) is 17.1. The summed E-state index contributed by atoms with van der Waals surface area (Å²) in [7, 11) is 3.41. The highest BCUT2D eigenvalue weighted by Crippen LogP contribution is 2.30. The molecule has 0 aliphatic carbocycles. The molecule has 3 N–H and O–H groups in total. The fourth-order valence-corrected chi connectivity index (χ4v) is 3.80. The van der Waals surface area contributed by atoms with Gasteiger partial charge in [0.25, 0.3) is 6.01 Å². The zero-order valence-corrected chi connectivity index (χ0v) is 17.1. The number of hydrogen-bond donors (Lipinski definition) is 2. The number of carbonyl (C=O) groups is 1. The van der Waals surface area contributed by atoms with Gasteiger partial charge in [0, 0.05) is 36.0 Å². The molecule has 9 heteroatoms. The summed E-state index contributed by atoms with van der Waals surface area (Å²) < 4.78 is 35.8. The number of imidazole rings is 1. The van der Waals surface area contributed by atoms with Crippen LogP contribution in [0.25, 0.3) is 33.2 Å².